The van der Waals surface area contributed by atoms with Gasteiger partial charge in [0, 0.05) is 24.0 Å². The van der Waals surface area contributed by atoms with Gasteiger partial charge in [0.1, 0.15) is 5.56 Å². The van der Waals surface area contributed by atoms with E-state index in [1.807, 2.05) is 25.1 Å². The van der Waals surface area contributed by atoms with E-state index in [2.05, 4.69) is 5.32 Å². The Labute approximate surface area is 161 Å². The van der Waals surface area contributed by atoms with Gasteiger partial charge < -0.3 is 9.88 Å². The number of hydrogen-bond donors (Lipinski definition) is 1. The summed E-state index contributed by atoms with van der Waals surface area (Å²) in [4.78, 5) is 35.8. The summed E-state index contributed by atoms with van der Waals surface area (Å²) in [5.74, 6) is -0.487. The van der Waals surface area contributed by atoms with Crippen LogP contribution in [0.2, 0.25) is 0 Å². The van der Waals surface area contributed by atoms with Crippen molar-refractivity contribution in [3.63, 3.8) is 0 Å². The zero-order chi connectivity index (χ0) is 20.1. The van der Waals surface area contributed by atoms with Gasteiger partial charge in [-0.2, -0.15) is 0 Å². The van der Waals surface area contributed by atoms with Gasteiger partial charge in [0.05, 0.1) is 11.5 Å². The van der Waals surface area contributed by atoms with Crippen molar-refractivity contribution in [3.05, 3.63) is 104 Å². The smallest absolute Gasteiger partial charge is 0.269 e. The SMILES string of the molecule is CCc1ccccc1NC(=O)c1cccn(Cc2cccc([N+](=O)[O-])c2)c1=O. The Morgan fingerprint density at radius 2 is 1.89 bits per heavy atom. The molecule has 28 heavy (non-hydrogen) atoms. The zero-order valence-electron chi connectivity index (χ0n) is 15.3. The fourth-order valence-corrected chi connectivity index (χ4v) is 2.94. The maximum Gasteiger partial charge on any atom is 0.269 e. The van der Waals surface area contributed by atoms with Crippen molar-refractivity contribution >= 4 is 17.3 Å². The van der Waals surface area contributed by atoms with Gasteiger partial charge in [0.2, 0.25) is 0 Å². The van der Waals surface area contributed by atoms with Crippen molar-refractivity contribution in [1.29, 1.82) is 0 Å². The Balaban J connectivity index is 1.87. The first-order valence-corrected chi connectivity index (χ1v) is 8.81. The number of nitrogens with one attached hydrogen (secondary N) is 1. The normalized spacial score (nSPS) is 10.5. The predicted molar refractivity (Wildman–Crippen MR) is 107 cm³/mol. The van der Waals surface area contributed by atoms with Gasteiger partial charge in [0.25, 0.3) is 17.2 Å². The number of hydrogen-bond acceptors (Lipinski definition) is 4. The van der Waals surface area contributed by atoms with E-state index in [-0.39, 0.29) is 17.8 Å². The third kappa shape index (κ3) is 4.15. The van der Waals surface area contributed by atoms with Crippen LogP contribution in [0.4, 0.5) is 11.4 Å². The molecular formula is C21H19N3O4. The number of aryl methyl sites for hydroxylation is 1. The first kappa shape index (κ1) is 19.0. The van der Waals surface area contributed by atoms with E-state index in [0.717, 1.165) is 12.0 Å². The summed E-state index contributed by atoms with van der Waals surface area (Å²) in [5, 5.41) is 13.7. The summed E-state index contributed by atoms with van der Waals surface area (Å²) in [6.07, 6.45) is 2.31. The topological polar surface area (TPSA) is 94.2 Å². The van der Waals surface area contributed by atoms with Gasteiger partial charge in [0.15, 0.2) is 0 Å². The molecule has 3 rings (SSSR count). The number of para-hydroxylation sites is 1. The summed E-state index contributed by atoms with van der Waals surface area (Å²) in [6, 6.07) is 16.6. The lowest BCUT2D eigenvalue weighted by Crippen LogP contribution is -2.29. The van der Waals surface area contributed by atoms with E-state index in [1.165, 1.54) is 22.8 Å². The number of aromatic nitrogens is 1. The number of anilines is 1. The van der Waals surface area contributed by atoms with Crippen LogP contribution in [0.15, 0.2) is 71.7 Å². The number of carbonyl (C=O) groups excluding carboxylic acids is 1. The predicted octanol–water partition coefficient (Wildman–Crippen LogP) is 3.62. The lowest BCUT2D eigenvalue weighted by atomic mass is 10.1. The average molecular weight is 377 g/mol. The Kier molecular flexibility index (Phi) is 5.64. The Morgan fingerprint density at radius 1 is 1.11 bits per heavy atom. The van der Waals surface area contributed by atoms with Crippen molar-refractivity contribution in [3.8, 4) is 0 Å². The molecule has 142 valence electrons. The van der Waals surface area contributed by atoms with Gasteiger partial charge in [-0.25, -0.2) is 0 Å². The number of non-ortho nitro benzene ring substituents is 1. The number of carbonyl (C=O) groups is 1. The Bertz CT molecular complexity index is 1090. The largest absolute Gasteiger partial charge is 0.322 e. The molecule has 2 aromatic carbocycles. The number of nitrogens with zero attached hydrogens (tertiary/aromatic N) is 2. The second-order valence-corrected chi connectivity index (χ2v) is 6.25. The van der Waals surface area contributed by atoms with E-state index >= 15 is 0 Å². The summed E-state index contributed by atoms with van der Waals surface area (Å²) in [5.41, 5.74) is 1.76. The first-order chi connectivity index (χ1) is 13.5. The molecule has 0 aliphatic carbocycles. The van der Waals surface area contributed by atoms with Crippen molar-refractivity contribution in [2.75, 3.05) is 5.32 Å². The van der Waals surface area contributed by atoms with E-state index < -0.39 is 16.4 Å². The highest BCUT2D eigenvalue weighted by atomic mass is 16.6. The van der Waals surface area contributed by atoms with Gasteiger partial charge in [-0.05, 0) is 35.7 Å². The van der Waals surface area contributed by atoms with E-state index in [0.29, 0.717) is 11.3 Å². The molecule has 3 aromatic rings. The molecule has 1 aromatic heterocycles. The highest BCUT2D eigenvalue weighted by Crippen LogP contribution is 2.16. The summed E-state index contributed by atoms with van der Waals surface area (Å²) in [6.45, 7) is 2.12. The van der Waals surface area contributed by atoms with Crippen LogP contribution in [0, 0.1) is 10.1 Å². The molecule has 1 N–H and O–H groups in total. The molecule has 7 heteroatoms. The van der Waals surface area contributed by atoms with Gasteiger partial charge in [-0.15, -0.1) is 0 Å². The maximum absolute atomic E-state index is 12.7. The van der Waals surface area contributed by atoms with E-state index in [1.54, 1.807) is 30.5 Å². The number of benzene rings is 2. The summed E-state index contributed by atoms with van der Waals surface area (Å²) < 4.78 is 1.36. The molecule has 0 aliphatic heterocycles. The number of pyridine rings is 1. The molecule has 1 amide bonds. The van der Waals surface area contributed by atoms with Gasteiger partial charge in [-0.1, -0.05) is 37.3 Å². The van der Waals surface area contributed by atoms with Crippen LogP contribution in [0.1, 0.15) is 28.4 Å². The van der Waals surface area contributed by atoms with Crippen molar-refractivity contribution < 1.29 is 9.72 Å². The molecule has 1 heterocycles. The van der Waals surface area contributed by atoms with Crippen LogP contribution in [0.3, 0.4) is 0 Å². The highest BCUT2D eigenvalue weighted by Gasteiger charge is 2.14. The zero-order valence-corrected chi connectivity index (χ0v) is 15.3. The second kappa shape index (κ2) is 8.30. The lowest BCUT2D eigenvalue weighted by molar-refractivity contribution is -0.384. The minimum absolute atomic E-state index is 0.0128. The molecule has 0 unspecified atom stereocenters. The van der Waals surface area contributed by atoms with Crippen LogP contribution in [0.25, 0.3) is 0 Å². The van der Waals surface area contributed by atoms with Gasteiger partial charge >= 0.3 is 0 Å². The quantitative estimate of drug-likeness (QED) is 0.524. The maximum atomic E-state index is 12.7. The highest BCUT2D eigenvalue weighted by molar-refractivity contribution is 6.04. The first-order valence-electron chi connectivity index (χ1n) is 8.81. The minimum atomic E-state index is -0.487. The van der Waals surface area contributed by atoms with Crippen molar-refractivity contribution in [2.45, 2.75) is 19.9 Å². The molecule has 0 atom stereocenters. The van der Waals surface area contributed by atoms with Crippen molar-refractivity contribution in [2.24, 2.45) is 0 Å². The standard InChI is InChI=1S/C21H19N3O4/c1-2-16-8-3-4-11-19(16)22-20(25)18-10-6-12-23(21(18)26)14-15-7-5-9-17(13-15)24(27)28/h3-13H,2,14H2,1H3,(H,22,25). The molecule has 0 radical (unpaired) electrons. The van der Waals surface area contributed by atoms with Crippen molar-refractivity contribution in [1.82, 2.24) is 4.57 Å². The summed E-state index contributed by atoms with van der Waals surface area (Å²) in [7, 11) is 0. The number of nitro benzene ring substituents is 1. The van der Waals surface area contributed by atoms with E-state index in [4.69, 9.17) is 0 Å². The lowest BCUT2D eigenvalue weighted by Gasteiger charge is -2.11. The van der Waals surface area contributed by atoms with Crippen LogP contribution in [0.5, 0.6) is 0 Å². The molecule has 0 aliphatic rings. The minimum Gasteiger partial charge on any atom is -0.322 e. The number of rotatable bonds is 6. The van der Waals surface area contributed by atoms with Gasteiger partial charge in [-0.3, -0.25) is 19.7 Å². The molecule has 0 saturated carbocycles. The monoisotopic (exact) mass is 377 g/mol. The molecule has 0 fully saturated rings. The molecule has 0 saturated heterocycles. The Hall–Kier alpha value is -3.74. The number of nitro groups is 1. The fraction of sp³-hybridized carbons (Fsp3) is 0.143. The molecule has 7 nitrogen and oxygen atoms in total. The molecule has 0 spiro atoms. The van der Waals surface area contributed by atoms with Crippen LogP contribution in [-0.2, 0) is 13.0 Å². The Morgan fingerprint density at radius 3 is 2.64 bits per heavy atom. The molecule has 0 bridgehead atoms. The van der Waals surface area contributed by atoms with Crippen LogP contribution in [-0.4, -0.2) is 15.4 Å². The molecular weight excluding hydrogens is 358 g/mol. The summed E-state index contributed by atoms with van der Waals surface area (Å²) >= 11 is 0. The third-order valence-electron chi connectivity index (χ3n) is 4.39. The second-order valence-electron chi connectivity index (χ2n) is 6.25. The third-order valence-corrected chi connectivity index (χ3v) is 4.39. The average Bonchev–Trinajstić information content (AvgIpc) is 2.70. The number of amides is 1. The van der Waals surface area contributed by atoms with Crippen LogP contribution < -0.4 is 10.9 Å². The van der Waals surface area contributed by atoms with E-state index in [9.17, 15) is 19.7 Å². The van der Waals surface area contributed by atoms with Crippen LogP contribution >= 0.6 is 0 Å². The fourth-order valence-electron chi connectivity index (χ4n) is 2.94.